The first kappa shape index (κ1) is 11.5. The molecule has 2 aromatic rings. The summed E-state index contributed by atoms with van der Waals surface area (Å²) in [5, 5.41) is 16.4. The summed E-state index contributed by atoms with van der Waals surface area (Å²) in [6.45, 7) is 3.92. The molecule has 16 heavy (non-hydrogen) atoms. The van der Waals surface area contributed by atoms with Gasteiger partial charge < -0.3 is 8.83 Å². The molecule has 6 nitrogen and oxygen atoms in total. The van der Waals surface area contributed by atoms with Crippen LogP contribution in [0.15, 0.2) is 19.3 Å². The van der Waals surface area contributed by atoms with Crippen LogP contribution in [-0.2, 0) is 12.8 Å². The van der Waals surface area contributed by atoms with Crippen molar-refractivity contribution in [2.45, 2.75) is 37.1 Å². The van der Waals surface area contributed by atoms with Gasteiger partial charge in [0.05, 0.1) is 0 Å². The minimum atomic E-state index is 0.498. The summed E-state index contributed by atoms with van der Waals surface area (Å²) in [6, 6.07) is 0. The Morgan fingerprint density at radius 3 is 1.56 bits per heavy atom. The molecule has 0 aliphatic carbocycles. The highest BCUT2D eigenvalue weighted by Crippen LogP contribution is 2.35. The lowest BCUT2D eigenvalue weighted by atomic mass is 10.5. The molecule has 0 aliphatic heterocycles. The van der Waals surface area contributed by atoms with E-state index in [4.69, 9.17) is 8.83 Å². The molecule has 0 amide bonds. The third-order valence-electron chi connectivity index (χ3n) is 1.69. The molecule has 0 aliphatic rings. The van der Waals surface area contributed by atoms with E-state index in [1.54, 1.807) is 0 Å². The number of aromatic nitrogens is 4. The number of rotatable bonds is 5. The lowest BCUT2D eigenvalue weighted by molar-refractivity contribution is 0.415. The van der Waals surface area contributed by atoms with E-state index in [0.717, 1.165) is 12.8 Å². The standard InChI is InChI=1S/C8H10N4O2S2/c1-3-5-9-11-7(13-5)15-16-8-12-10-6(4-2)14-8/h3-4H2,1-2H3. The zero-order valence-electron chi connectivity index (χ0n) is 8.84. The van der Waals surface area contributed by atoms with Crippen molar-refractivity contribution in [2.75, 3.05) is 0 Å². The highest BCUT2D eigenvalue weighted by atomic mass is 33.1. The molecule has 0 spiro atoms. The van der Waals surface area contributed by atoms with Gasteiger partial charge in [-0.05, 0) is 0 Å². The van der Waals surface area contributed by atoms with Gasteiger partial charge in [-0.2, -0.15) is 0 Å². The zero-order valence-corrected chi connectivity index (χ0v) is 10.5. The Hall–Kier alpha value is -1.02. The predicted octanol–water partition coefficient (Wildman–Crippen LogP) is 2.38. The summed E-state index contributed by atoms with van der Waals surface area (Å²) < 4.78 is 10.6. The van der Waals surface area contributed by atoms with Crippen LogP contribution in [0.3, 0.4) is 0 Å². The van der Waals surface area contributed by atoms with Crippen LogP contribution < -0.4 is 0 Å². The second-order valence-corrected chi connectivity index (χ2v) is 4.83. The van der Waals surface area contributed by atoms with E-state index < -0.39 is 0 Å². The molecule has 0 unspecified atom stereocenters. The van der Waals surface area contributed by atoms with Gasteiger partial charge in [0.1, 0.15) is 0 Å². The molecule has 0 N–H and O–H groups in total. The summed E-state index contributed by atoms with van der Waals surface area (Å²) in [4.78, 5) is 0. The van der Waals surface area contributed by atoms with Gasteiger partial charge in [-0.1, -0.05) is 13.8 Å². The highest BCUT2D eigenvalue weighted by molar-refractivity contribution is 8.76. The molecule has 2 heterocycles. The van der Waals surface area contributed by atoms with Crippen LogP contribution in [0.5, 0.6) is 0 Å². The van der Waals surface area contributed by atoms with Gasteiger partial charge in [0.25, 0.3) is 10.4 Å². The lowest BCUT2D eigenvalue weighted by Crippen LogP contribution is -1.76. The summed E-state index contributed by atoms with van der Waals surface area (Å²) >= 11 is 0. The SMILES string of the molecule is CCc1nnc(SSc2nnc(CC)o2)o1. The van der Waals surface area contributed by atoms with Gasteiger partial charge >= 0.3 is 0 Å². The van der Waals surface area contributed by atoms with E-state index in [-0.39, 0.29) is 0 Å². The van der Waals surface area contributed by atoms with Crippen LogP contribution in [-0.4, -0.2) is 20.4 Å². The molecule has 0 saturated carbocycles. The van der Waals surface area contributed by atoms with E-state index >= 15 is 0 Å². The molecule has 0 fully saturated rings. The van der Waals surface area contributed by atoms with E-state index in [0.29, 0.717) is 22.2 Å². The molecule has 0 aromatic carbocycles. The van der Waals surface area contributed by atoms with Gasteiger partial charge in [-0.25, -0.2) is 0 Å². The predicted molar refractivity (Wildman–Crippen MR) is 59.1 cm³/mol. The molecule has 2 aromatic heterocycles. The van der Waals surface area contributed by atoms with Gasteiger partial charge in [-0.3, -0.25) is 0 Å². The molecular weight excluding hydrogens is 248 g/mol. The van der Waals surface area contributed by atoms with Gasteiger partial charge in [0.15, 0.2) is 0 Å². The first-order valence-corrected chi connectivity index (χ1v) is 6.96. The van der Waals surface area contributed by atoms with Gasteiger partial charge in [0, 0.05) is 34.4 Å². The Morgan fingerprint density at radius 2 is 1.25 bits per heavy atom. The minimum Gasteiger partial charge on any atom is -0.415 e. The van der Waals surface area contributed by atoms with E-state index in [1.165, 1.54) is 21.6 Å². The first-order valence-electron chi connectivity index (χ1n) is 4.81. The monoisotopic (exact) mass is 258 g/mol. The van der Waals surface area contributed by atoms with Crippen LogP contribution in [0.2, 0.25) is 0 Å². The Kier molecular flexibility index (Phi) is 3.83. The molecule has 0 saturated heterocycles. The van der Waals surface area contributed by atoms with Crippen molar-refractivity contribution >= 4 is 21.6 Å². The molecule has 0 radical (unpaired) electrons. The Labute approximate surface area is 100.0 Å². The van der Waals surface area contributed by atoms with Crippen molar-refractivity contribution in [1.29, 1.82) is 0 Å². The van der Waals surface area contributed by atoms with Crippen LogP contribution in [0, 0.1) is 0 Å². The Balaban J connectivity index is 1.91. The fourth-order valence-electron chi connectivity index (χ4n) is 0.901. The lowest BCUT2D eigenvalue weighted by Gasteiger charge is -1.88. The van der Waals surface area contributed by atoms with Gasteiger partial charge in [-0.15, -0.1) is 20.4 Å². The minimum absolute atomic E-state index is 0.498. The second-order valence-electron chi connectivity index (χ2n) is 2.80. The molecule has 86 valence electrons. The third kappa shape index (κ3) is 2.76. The molecule has 0 atom stereocenters. The quantitative estimate of drug-likeness (QED) is 0.756. The van der Waals surface area contributed by atoms with Crippen LogP contribution in [0.1, 0.15) is 25.6 Å². The number of nitrogens with zero attached hydrogens (tertiary/aromatic N) is 4. The number of hydrogen-bond acceptors (Lipinski definition) is 8. The third-order valence-corrected chi connectivity index (χ3v) is 3.49. The maximum Gasteiger partial charge on any atom is 0.287 e. The Bertz CT molecular complexity index is 414. The molecule has 0 bridgehead atoms. The van der Waals surface area contributed by atoms with Crippen molar-refractivity contribution in [2.24, 2.45) is 0 Å². The Morgan fingerprint density at radius 1 is 0.812 bits per heavy atom. The normalized spacial score (nSPS) is 10.9. The smallest absolute Gasteiger partial charge is 0.287 e. The van der Waals surface area contributed by atoms with Crippen molar-refractivity contribution in [3.8, 4) is 0 Å². The summed E-state index contributed by atoms with van der Waals surface area (Å²) in [5.74, 6) is 1.26. The van der Waals surface area contributed by atoms with E-state index in [9.17, 15) is 0 Å². The van der Waals surface area contributed by atoms with Crippen molar-refractivity contribution in [3.05, 3.63) is 11.8 Å². The van der Waals surface area contributed by atoms with Crippen molar-refractivity contribution in [1.82, 2.24) is 20.4 Å². The number of hydrogen-bond donors (Lipinski definition) is 0. The topological polar surface area (TPSA) is 77.8 Å². The zero-order chi connectivity index (χ0) is 11.4. The average molecular weight is 258 g/mol. The molecular formula is C8H10N4O2S2. The highest BCUT2D eigenvalue weighted by Gasteiger charge is 2.10. The van der Waals surface area contributed by atoms with Crippen LogP contribution >= 0.6 is 21.6 Å². The van der Waals surface area contributed by atoms with Crippen molar-refractivity contribution in [3.63, 3.8) is 0 Å². The van der Waals surface area contributed by atoms with Crippen molar-refractivity contribution < 1.29 is 8.83 Å². The number of aryl methyl sites for hydroxylation is 2. The summed E-state index contributed by atoms with van der Waals surface area (Å²) in [6.07, 6.45) is 1.47. The fourth-order valence-corrected chi connectivity index (χ4v) is 2.28. The van der Waals surface area contributed by atoms with Gasteiger partial charge in [0.2, 0.25) is 11.8 Å². The second kappa shape index (κ2) is 5.35. The molecule has 2 rings (SSSR count). The van der Waals surface area contributed by atoms with Crippen LogP contribution in [0.4, 0.5) is 0 Å². The maximum absolute atomic E-state index is 5.32. The largest absolute Gasteiger partial charge is 0.415 e. The maximum atomic E-state index is 5.32. The summed E-state index contributed by atoms with van der Waals surface area (Å²) in [5.41, 5.74) is 0. The summed E-state index contributed by atoms with van der Waals surface area (Å²) in [7, 11) is 2.63. The fraction of sp³-hybridized carbons (Fsp3) is 0.500. The van der Waals surface area contributed by atoms with Crippen LogP contribution in [0.25, 0.3) is 0 Å². The first-order chi connectivity index (χ1) is 7.81. The average Bonchev–Trinajstić information content (AvgIpc) is 2.95. The van der Waals surface area contributed by atoms with E-state index in [1.807, 2.05) is 13.8 Å². The molecule has 8 heteroatoms. The van der Waals surface area contributed by atoms with E-state index in [2.05, 4.69) is 20.4 Å².